The Balaban J connectivity index is 3.28. The average molecular weight is 283 g/mol. The summed E-state index contributed by atoms with van der Waals surface area (Å²) < 4.78 is 31.2. The summed E-state index contributed by atoms with van der Waals surface area (Å²) in [6, 6.07) is 2.79. The van der Waals surface area contributed by atoms with E-state index in [9.17, 15) is 13.2 Å². The largest absolute Gasteiger partial charge is 0.495 e. The van der Waals surface area contributed by atoms with Gasteiger partial charge in [-0.05, 0) is 25.1 Å². The molecule has 7 heteroatoms. The molecule has 1 unspecified atom stereocenters. The topological polar surface area (TPSA) is 92.7 Å². The zero-order valence-electron chi connectivity index (χ0n) is 10.4. The summed E-state index contributed by atoms with van der Waals surface area (Å²) in [7, 11) is -2.61. The van der Waals surface area contributed by atoms with Gasteiger partial charge in [-0.3, -0.25) is 0 Å². The lowest BCUT2D eigenvalue weighted by Gasteiger charge is -2.12. The monoisotopic (exact) mass is 283 g/mol. The summed E-state index contributed by atoms with van der Waals surface area (Å²) in [5, 5.41) is 8.83. The zero-order chi connectivity index (χ0) is 14.6. The lowest BCUT2D eigenvalue weighted by atomic mass is 10.2. The molecule has 0 fully saturated rings. The Morgan fingerprint density at radius 1 is 1.53 bits per heavy atom. The lowest BCUT2D eigenvalue weighted by Crippen LogP contribution is -2.31. The van der Waals surface area contributed by atoms with E-state index in [0.29, 0.717) is 0 Å². The molecular weight excluding hydrogens is 270 g/mol. The average Bonchev–Trinajstić information content (AvgIpc) is 2.37. The maximum absolute atomic E-state index is 12.0. The molecule has 0 amide bonds. The van der Waals surface area contributed by atoms with Crippen molar-refractivity contribution in [1.29, 1.82) is 0 Å². The SMILES string of the molecule is C#CC(C)NS(=O)(=O)c1ccc(C(=O)O)cc1OC. The highest BCUT2D eigenvalue weighted by molar-refractivity contribution is 7.89. The third kappa shape index (κ3) is 3.47. The molecule has 1 rings (SSSR count). The van der Waals surface area contributed by atoms with Gasteiger partial charge in [0.25, 0.3) is 0 Å². The quantitative estimate of drug-likeness (QED) is 0.776. The Bertz CT molecular complexity index is 630. The number of benzene rings is 1. The van der Waals surface area contributed by atoms with Crippen LogP contribution >= 0.6 is 0 Å². The van der Waals surface area contributed by atoms with Crippen LogP contribution in [0.15, 0.2) is 23.1 Å². The fourth-order valence-corrected chi connectivity index (χ4v) is 2.67. The molecule has 0 aliphatic carbocycles. The van der Waals surface area contributed by atoms with Crippen LogP contribution in [-0.2, 0) is 10.0 Å². The Morgan fingerprint density at radius 3 is 2.63 bits per heavy atom. The molecule has 19 heavy (non-hydrogen) atoms. The van der Waals surface area contributed by atoms with Crippen LogP contribution in [0, 0.1) is 12.3 Å². The summed E-state index contributed by atoms with van der Waals surface area (Å²) in [6.07, 6.45) is 5.11. The molecule has 0 aliphatic heterocycles. The first-order valence-corrected chi connectivity index (χ1v) is 6.70. The van der Waals surface area contributed by atoms with Gasteiger partial charge in [0, 0.05) is 0 Å². The van der Waals surface area contributed by atoms with Gasteiger partial charge in [-0.25, -0.2) is 13.2 Å². The van der Waals surface area contributed by atoms with E-state index in [1.165, 1.54) is 20.1 Å². The van der Waals surface area contributed by atoms with Crippen molar-refractivity contribution in [2.45, 2.75) is 17.9 Å². The molecular formula is C12H13NO5S. The van der Waals surface area contributed by atoms with Gasteiger partial charge in [-0.2, -0.15) is 4.72 Å². The Labute approximate surface area is 111 Å². The minimum atomic E-state index is -3.87. The van der Waals surface area contributed by atoms with Crippen LogP contribution in [0.3, 0.4) is 0 Å². The Morgan fingerprint density at radius 2 is 2.16 bits per heavy atom. The van der Waals surface area contributed by atoms with Crippen molar-refractivity contribution in [3.63, 3.8) is 0 Å². The second-order valence-electron chi connectivity index (χ2n) is 3.68. The van der Waals surface area contributed by atoms with Crippen LogP contribution in [0.5, 0.6) is 5.75 Å². The smallest absolute Gasteiger partial charge is 0.335 e. The van der Waals surface area contributed by atoms with Gasteiger partial charge in [-0.15, -0.1) is 6.42 Å². The van der Waals surface area contributed by atoms with Gasteiger partial charge in [0.15, 0.2) is 0 Å². The van der Waals surface area contributed by atoms with E-state index in [1.807, 2.05) is 0 Å². The number of hydrogen-bond acceptors (Lipinski definition) is 4. The number of rotatable bonds is 5. The van der Waals surface area contributed by atoms with E-state index in [4.69, 9.17) is 16.3 Å². The van der Waals surface area contributed by atoms with Gasteiger partial charge < -0.3 is 9.84 Å². The van der Waals surface area contributed by atoms with E-state index < -0.39 is 22.0 Å². The van der Waals surface area contributed by atoms with Crippen LogP contribution in [0.2, 0.25) is 0 Å². The Kier molecular flexibility index (Phi) is 4.53. The second kappa shape index (κ2) is 5.73. The van der Waals surface area contributed by atoms with Crippen LogP contribution < -0.4 is 9.46 Å². The molecule has 6 nitrogen and oxygen atoms in total. The first kappa shape index (κ1) is 15.0. The van der Waals surface area contributed by atoms with Crippen molar-refractivity contribution in [2.24, 2.45) is 0 Å². The molecule has 0 aliphatic rings. The molecule has 1 atom stereocenters. The van der Waals surface area contributed by atoms with Crippen LogP contribution in [0.25, 0.3) is 0 Å². The molecule has 0 heterocycles. The second-order valence-corrected chi connectivity index (χ2v) is 5.36. The van der Waals surface area contributed by atoms with Crippen LogP contribution in [0.1, 0.15) is 17.3 Å². The molecule has 0 saturated heterocycles. The zero-order valence-corrected chi connectivity index (χ0v) is 11.2. The van der Waals surface area contributed by atoms with Crippen molar-refractivity contribution in [3.05, 3.63) is 23.8 Å². The maximum Gasteiger partial charge on any atom is 0.335 e. The van der Waals surface area contributed by atoms with Crippen LogP contribution in [-0.4, -0.2) is 32.6 Å². The van der Waals surface area contributed by atoms with Crippen molar-refractivity contribution in [1.82, 2.24) is 4.72 Å². The van der Waals surface area contributed by atoms with Gasteiger partial charge in [0.05, 0.1) is 18.7 Å². The number of carboxylic acid groups (broad SMARTS) is 1. The van der Waals surface area contributed by atoms with E-state index in [-0.39, 0.29) is 16.2 Å². The highest BCUT2D eigenvalue weighted by atomic mass is 32.2. The summed E-state index contributed by atoms with van der Waals surface area (Å²) in [4.78, 5) is 10.6. The summed E-state index contributed by atoms with van der Waals surface area (Å²) in [5.41, 5.74) is -0.0687. The van der Waals surface area contributed by atoms with Gasteiger partial charge in [-0.1, -0.05) is 5.92 Å². The molecule has 0 aromatic heterocycles. The van der Waals surface area contributed by atoms with E-state index in [2.05, 4.69) is 10.6 Å². The number of sulfonamides is 1. The summed E-state index contributed by atoms with van der Waals surface area (Å²) in [5.74, 6) is 1.00. The summed E-state index contributed by atoms with van der Waals surface area (Å²) >= 11 is 0. The first-order chi connectivity index (χ1) is 8.81. The van der Waals surface area contributed by atoms with Crippen molar-refractivity contribution in [2.75, 3.05) is 7.11 Å². The number of ether oxygens (including phenoxy) is 1. The number of nitrogens with one attached hydrogen (secondary N) is 1. The predicted octanol–water partition coefficient (Wildman–Crippen LogP) is 0.693. The van der Waals surface area contributed by atoms with E-state index in [1.54, 1.807) is 0 Å². The fourth-order valence-electron chi connectivity index (χ4n) is 1.35. The normalized spacial score (nSPS) is 12.5. The summed E-state index contributed by atoms with van der Waals surface area (Å²) in [6.45, 7) is 1.51. The standard InChI is InChI=1S/C12H13NO5S/c1-4-8(2)13-19(16,17)11-6-5-9(12(14)15)7-10(11)18-3/h1,5-8,13H,2-3H3,(H,14,15). The number of methoxy groups -OCH3 is 1. The van der Waals surface area contributed by atoms with E-state index in [0.717, 1.165) is 12.1 Å². The molecule has 1 aromatic carbocycles. The molecule has 0 bridgehead atoms. The third-order valence-electron chi connectivity index (χ3n) is 2.28. The number of hydrogen-bond donors (Lipinski definition) is 2. The molecule has 102 valence electrons. The highest BCUT2D eigenvalue weighted by Crippen LogP contribution is 2.25. The van der Waals surface area contributed by atoms with E-state index >= 15 is 0 Å². The first-order valence-electron chi connectivity index (χ1n) is 5.21. The van der Waals surface area contributed by atoms with Crippen LogP contribution in [0.4, 0.5) is 0 Å². The van der Waals surface area contributed by atoms with Gasteiger partial charge in [0.1, 0.15) is 10.6 Å². The van der Waals surface area contributed by atoms with Gasteiger partial charge >= 0.3 is 5.97 Å². The molecule has 0 radical (unpaired) electrons. The molecule has 0 spiro atoms. The third-order valence-corrected chi connectivity index (χ3v) is 3.86. The molecule has 1 aromatic rings. The highest BCUT2D eigenvalue weighted by Gasteiger charge is 2.22. The maximum atomic E-state index is 12.0. The number of aromatic carboxylic acids is 1. The van der Waals surface area contributed by atoms with Crippen molar-refractivity contribution < 1.29 is 23.1 Å². The van der Waals surface area contributed by atoms with Crippen molar-refractivity contribution >= 4 is 16.0 Å². The van der Waals surface area contributed by atoms with Gasteiger partial charge in [0.2, 0.25) is 10.0 Å². The number of carbonyl (C=O) groups is 1. The minimum Gasteiger partial charge on any atom is -0.495 e. The fraction of sp³-hybridized carbons (Fsp3) is 0.250. The number of carboxylic acids is 1. The number of terminal acetylenes is 1. The lowest BCUT2D eigenvalue weighted by molar-refractivity contribution is 0.0696. The molecule has 2 N–H and O–H groups in total. The molecule has 0 saturated carbocycles. The predicted molar refractivity (Wildman–Crippen MR) is 68.6 cm³/mol. The van der Waals surface area contributed by atoms with Crippen molar-refractivity contribution in [3.8, 4) is 18.1 Å². The Hall–Kier alpha value is -2.04. The minimum absolute atomic E-state index is 0.0587.